The Hall–Kier alpha value is -3.62. The fraction of sp³-hybridized carbons (Fsp3) is 0.286. The first-order valence-electron chi connectivity index (χ1n) is 14.4. The van der Waals surface area contributed by atoms with Crippen LogP contribution in [0.15, 0.2) is 46.2 Å². The van der Waals surface area contributed by atoms with Crippen molar-refractivity contribution in [2.24, 2.45) is 0 Å². The van der Waals surface area contributed by atoms with Crippen molar-refractivity contribution in [3.05, 3.63) is 47.5 Å². The minimum absolute atomic E-state index is 0. The number of hydrogen-bond donors (Lipinski definition) is 7. The predicted molar refractivity (Wildman–Crippen MR) is 179 cm³/mol. The number of aliphatic hydroxyl groups excluding tert-OH is 2. The van der Waals surface area contributed by atoms with Crippen molar-refractivity contribution in [2.45, 2.75) is 35.8 Å². The Bertz CT molecular complexity index is 1940. The third-order valence-corrected chi connectivity index (χ3v) is 8.04. The van der Waals surface area contributed by atoms with Gasteiger partial charge in [-0.25, -0.2) is 8.42 Å². The third kappa shape index (κ3) is 12.5. The molecule has 4 aromatic rings. The minimum Gasteiger partial charge on any atom is -0.744 e. The molecule has 0 aliphatic heterocycles. The summed E-state index contributed by atoms with van der Waals surface area (Å²) in [5, 5.41) is 30.2. The number of aliphatic hydroxyl groups is 2. The summed E-state index contributed by atoms with van der Waals surface area (Å²) in [5.41, 5.74) is 0.0640. The van der Waals surface area contributed by atoms with Crippen LogP contribution < -0.4 is 82.1 Å². The topological polar surface area (TPSA) is 296 Å². The van der Waals surface area contributed by atoms with Gasteiger partial charge < -0.3 is 45.5 Å². The van der Waals surface area contributed by atoms with Gasteiger partial charge in [0.1, 0.15) is 15.0 Å². The molecule has 4 rings (SSSR count). The van der Waals surface area contributed by atoms with Gasteiger partial charge in [0, 0.05) is 24.5 Å². The fourth-order valence-electron chi connectivity index (χ4n) is 4.02. The van der Waals surface area contributed by atoms with Crippen molar-refractivity contribution in [2.75, 3.05) is 48.6 Å². The van der Waals surface area contributed by atoms with Crippen LogP contribution in [-0.4, -0.2) is 106 Å². The molecule has 0 amide bonds. The Morgan fingerprint density at radius 3 is 1.47 bits per heavy atom. The van der Waals surface area contributed by atoms with Crippen LogP contribution in [-0.2, 0) is 20.2 Å². The van der Waals surface area contributed by atoms with Crippen molar-refractivity contribution in [3.8, 4) is 12.0 Å². The van der Waals surface area contributed by atoms with Crippen LogP contribution in [0.3, 0.4) is 0 Å². The Morgan fingerprint density at radius 2 is 1.10 bits per heavy atom. The van der Waals surface area contributed by atoms with E-state index in [1.54, 1.807) is 13.8 Å². The van der Waals surface area contributed by atoms with E-state index in [1.165, 1.54) is 50.6 Å². The smallest absolute Gasteiger partial charge is 0.744 e. The molecule has 51 heavy (non-hydrogen) atoms. The quantitative estimate of drug-likeness (QED) is 0.0386. The average Bonchev–Trinajstić information content (AvgIpc) is 3.05. The maximum absolute atomic E-state index is 12.4. The molecule has 2 unspecified atom stereocenters. The average molecular weight is 773 g/mol. The van der Waals surface area contributed by atoms with E-state index < -0.39 is 42.2 Å². The maximum Gasteiger partial charge on any atom is 1.00 e. The van der Waals surface area contributed by atoms with Crippen LogP contribution in [0.5, 0.6) is 12.0 Å². The minimum atomic E-state index is -5.08. The van der Waals surface area contributed by atoms with E-state index >= 15 is 0 Å². The van der Waals surface area contributed by atoms with Crippen molar-refractivity contribution >= 4 is 67.6 Å². The predicted octanol–water partition coefficient (Wildman–Crippen LogP) is -1.53. The zero-order chi connectivity index (χ0) is 36.6. The molecule has 0 bridgehead atoms. The summed E-state index contributed by atoms with van der Waals surface area (Å²) in [6.45, 7) is 3.34. The monoisotopic (exact) mass is 772 g/mol. The normalized spacial score (nSPS) is 12.8. The van der Waals surface area contributed by atoms with Gasteiger partial charge in [0.05, 0.1) is 31.3 Å². The largest absolute Gasteiger partial charge is 1.00 e. The molecule has 2 aromatic heterocycles. The Balaban J connectivity index is 0.00000702. The molecular weight excluding hydrogens is 740 g/mol. The van der Waals surface area contributed by atoms with Gasteiger partial charge in [-0.1, -0.05) is 24.3 Å². The molecule has 0 spiro atoms. The molecule has 20 nitrogen and oxygen atoms in total. The number of methoxy groups -OCH3 is 2. The van der Waals surface area contributed by atoms with Crippen LogP contribution in [0.4, 0.5) is 35.2 Å². The Morgan fingerprint density at radius 1 is 0.706 bits per heavy atom. The van der Waals surface area contributed by atoms with Gasteiger partial charge in [-0.05, 0) is 49.2 Å². The summed E-state index contributed by atoms with van der Waals surface area (Å²) in [7, 11) is -7.27. The molecule has 0 aliphatic rings. The second-order valence-electron chi connectivity index (χ2n) is 10.4. The van der Waals surface area contributed by atoms with Gasteiger partial charge in [0.2, 0.25) is 23.8 Å². The molecule has 2 aromatic carbocycles. The van der Waals surface area contributed by atoms with Crippen LogP contribution in [0.2, 0.25) is 0 Å². The van der Waals surface area contributed by atoms with Gasteiger partial charge in [-0.15, -0.1) is 0 Å². The standard InChI is InChI=1S/C28H34N10O10S2.K/c1-15(39)13-29-23-33-25(37-27(35-23)47-3)31-19-9-7-17(21(11-19)49(41,42)43)5-6-18-8-10-20(12-22(18)50(44,45)46)32-26-34-24(30-14-16(2)40)36-28(38-26)48-4;/h5-12,15-16,39-40H,13-14H2,1-4H3,(H,41,42,43)(H,44,45,46)(H2,29,31,33,35,37)(H2,30,32,34,36,38);/q;+1/p-1/b6-5+;. The van der Waals surface area contributed by atoms with E-state index in [-0.39, 0.29) is 123 Å². The number of benzene rings is 2. The molecule has 23 heteroatoms. The second kappa shape index (κ2) is 18.2. The van der Waals surface area contributed by atoms with Gasteiger partial charge in [-0.2, -0.15) is 38.3 Å². The maximum atomic E-state index is 12.4. The van der Waals surface area contributed by atoms with Crippen molar-refractivity contribution < 1.29 is 97.0 Å². The summed E-state index contributed by atoms with van der Waals surface area (Å²) >= 11 is 0. The summed E-state index contributed by atoms with van der Waals surface area (Å²) < 4.78 is 81.7. The zero-order valence-corrected chi connectivity index (χ0v) is 32.6. The van der Waals surface area contributed by atoms with E-state index in [9.17, 15) is 36.2 Å². The van der Waals surface area contributed by atoms with Gasteiger partial charge >= 0.3 is 63.4 Å². The molecule has 0 fully saturated rings. The molecule has 2 heterocycles. The summed E-state index contributed by atoms with van der Waals surface area (Å²) in [6.07, 6.45) is 0.960. The third-order valence-electron chi connectivity index (χ3n) is 6.24. The first-order chi connectivity index (χ1) is 23.5. The van der Waals surface area contributed by atoms with E-state index in [2.05, 4.69) is 51.2 Å². The number of ether oxygens (including phenoxy) is 2. The van der Waals surface area contributed by atoms with E-state index in [1.807, 2.05) is 0 Å². The summed E-state index contributed by atoms with van der Waals surface area (Å²) in [6, 6.07) is 7.38. The SMILES string of the molecule is COc1nc(NCC(C)O)nc(Nc2ccc(/C=C/c3ccc(Nc4nc(NCC(C)O)nc(OC)n4)cc3S(=O)(=O)O)c(S(=O)(=O)[O-])c2)n1.[K+]. The first-order valence-corrected chi connectivity index (χ1v) is 17.3. The Kier molecular flexibility index (Phi) is 14.9. The van der Waals surface area contributed by atoms with Gasteiger partial charge in [-0.3, -0.25) is 4.55 Å². The fourth-order valence-corrected chi connectivity index (χ4v) is 5.43. The second-order valence-corrected chi connectivity index (χ2v) is 13.2. The molecule has 2 atom stereocenters. The van der Waals surface area contributed by atoms with Crippen molar-refractivity contribution in [1.29, 1.82) is 0 Å². The van der Waals surface area contributed by atoms with Crippen molar-refractivity contribution in [3.63, 3.8) is 0 Å². The molecule has 268 valence electrons. The van der Waals surface area contributed by atoms with Crippen LogP contribution in [0.25, 0.3) is 12.2 Å². The van der Waals surface area contributed by atoms with Gasteiger partial charge in [0.25, 0.3) is 10.1 Å². The molecule has 7 N–H and O–H groups in total. The number of hydrogen-bond acceptors (Lipinski definition) is 19. The zero-order valence-electron chi connectivity index (χ0n) is 27.9. The molecule has 0 saturated heterocycles. The number of aromatic nitrogens is 6. The summed E-state index contributed by atoms with van der Waals surface area (Å²) in [5.74, 6) is -0.0225. The van der Waals surface area contributed by atoms with Gasteiger partial charge in [0.15, 0.2) is 0 Å². The van der Waals surface area contributed by atoms with Crippen LogP contribution >= 0.6 is 0 Å². The molecular formula is C28H33KN10O10S2. The van der Waals surface area contributed by atoms with Crippen molar-refractivity contribution in [1.82, 2.24) is 29.9 Å². The molecule has 0 aliphatic carbocycles. The number of anilines is 6. The number of rotatable bonds is 16. The molecule has 0 radical (unpaired) electrons. The Labute approximate surface area is 335 Å². The van der Waals surface area contributed by atoms with Crippen LogP contribution in [0, 0.1) is 0 Å². The van der Waals surface area contributed by atoms with Crippen LogP contribution in [0.1, 0.15) is 25.0 Å². The van der Waals surface area contributed by atoms with E-state index in [4.69, 9.17) is 9.47 Å². The van der Waals surface area contributed by atoms with E-state index in [0.717, 1.165) is 12.1 Å². The first kappa shape index (κ1) is 41.8. The number of nitrogens with one attached hydrogen (secondary N) is 4. The van der Waals surface area contributed by atoms with E-state index in [0.29, 0.717) is 0 Å². The summed E-state index contributed by atoms with van der Waals surface area (Å²) in [4.78, 5) is 23.2. The molecule has 0 saturated carbocycles. The number of nitrogens with zero attached hydrogens (tertiary/aromatic N) is 6.